The van der Waals surface area contributed by atoms with Gasteiger partial charge in [-0.2, -0.15) is 4.98 Å². The van der Waals surface area contributed by atoms with Crippen LogP contribution in [0.25, 0.3) is 27.7 Å². The largest absolute Gasteiger partial charge is 0.479 e. The SMILES string of the molecule is CCCC1(F)CN(C2COC2)CC[C@H]1Nc1nc(OC)c2c(-c3cc(F)c4nc(C)n(C(C)C)c4c3)ccn2n1. The molecular formula is C29H37F2N7O2. The Kier molecular flexibility index (Phi) is 6.90. The lowest BCUT2D eigenvalue weighted by Crippen LogP contribution is -2.62. The van der Waals surface area contributed by atoms with E-state index in [1.54, 1.807) is 17.8 Å². The van der Waals surface area contributed by atoms with Crippen molar-refractivity contribution < 1.29 is 18.3 Å². The third-order valence-corrected chi connectivity index (χ3v) is 8.33. The van der Waals surface area contributed by atoms with Crippen molar-refractivity contribution in [2.24, 2.45) is 0 Å². The fourth-order valence-electron chi connectivity index (χ4n) is 6.36. The molecule has 2 aliphatic rings. The number of fused-ring (bicyclic) bond motifs is 2. The van der Waals surface area contributed by atoms with E-state index >= 15 is 8.78 Å². The summed E-state index contributed by atoms with van der Waals surface area (Å²) in [6, 6.07) is 5.30. The van der Waals surface area contributed by atoms with Gasteiger partial charge in [0, 0.05) is 30.9 Å². The van der Waals surface area contributed by atoms with Gasteiger partial charge in [0.1, 0.15) is 22.5 Å². The number of nitrogens with zero attached hydrogens (tertiary/aromatic N) is 6. The quantitative estimate of drug-likeness (QED) is 0.322. The molecule has 5 heterocycles. The number of piperidine rings is 1. The molecule has 1 unspecified atom stereocenters. The van der Waals surface area contributed by atoms with E-state index in [2.05, 4.69) is 39.1 Å². The number of nitrogens with one attached hydrogen (secondary N) is 1. The first kappa shape index (κ1) is 26.9. The van der Waals surface area contributed by atoms with E-state index in [0.29, 0.717) is 67.1 Å². The Morgan fingerprint density at radius 2 is 2.05 bits per heavy atom. The summed E-state index contributed by atoms with van der Waals surface area (Å²) in [6.45, 7) is 10.5. The summed E-state index contributed by atoms with van der Waals surface area (Å²) in [5.74, 6) is 1.00. The molecule has 2 saturated heterocycles. The average molecular weight is 554 g/mol. The number of halogens is 2. The lowest BCUT2D eigenvalue weighted by molar-refractivity contribution is -0.0968. The highest BCUT2D eigenvalue weighted by atomic mass is 19.1. The fraction of sp³-hybridized carbons (Fsp3) is 0.552. The number of aromatic nitrogens is 5. The van der Waals surface area contributed by atoms with Crippen molar-refractivity contribution in [2.45, 2.75) is 70.8 Å². The second kappa shape index (κ2) is 10.3. The lowest BCUT2D eigenvalue weighted by atomic mass is 9.84. The normalized spacial score (nSPS) is 22.4. The molecule has 2 aliphatic heterocycles. The fourth-order valence-corrected chi connectivity index (χ4v) is 6.36. The van der Waals surface area contributed by atoms with Crippen LogP contribution in [-0.4, -0.2) is 80.2 Å². The summed E-state index contributed by atoms with van der Waals surface area (Å²) < 4.78 is 46.4. The van der Waals surface area contributed by atoms with Gasteiger partial charge in [0.2, 0.25) is 11.8 Å². The number of anilines is 1. The highest BCUT2D eigenvalue weighted by molar-refractivity contribution is 5.90. The summed E-state index contributed by atoms with van der Waals surface area (Å²) in [4.78, 5) is 11.3. The predicted octanol–water partition coefficient (Wildman–Crippen LogP) is 5.18. The van der Waals surface area contributed by atoms with E-state index in [1.165, 1.54) is 6.07 Å². The number of methoxy groups -OCH3 is 1. The summed E-state index contributed by atoms with van der Waals surface area (Å²) in [6.07, 6.45) is 3.61. The second-order valence-corrected chi connectivity index (χ2v) is 11.3. The summed E-state index contributed by atoms with van der Waals surface area (Å²) in [7, 11) is 1.54. The van der Waals surface area contributed by atoms with Gasteiger partial charge in [-0.3, -0.25) is 4.90 Å². The third kappa shape index (κ3) is 4.49. The van der Waals surface area contributed by atoms with Gasteiger partial charge in [-0.25, -0.2) is 18.3 Å². The molecule has 1 N–H and O–H groups in total. The number of imidazole rings is 1. The van der Waals surface area contributed by atoms with Gasteiger partial charge in [-0.05, 0) is 57.4 Å². The zero-order chi connectivity index (χ0) is 28.2. The Morgan fingerprint density at radius 3 is 2.73 bits per heavy atom. The van der Waals surface area contributed by atoms with Crippen molar-refractivity contribution in [3.8, 4) is 17.0 Å². The maximum absolute atomic E-state index is 16.4. The Labute approximate surface area is 232 Å². The Morgan fingerprint density at radius 1 is 1.25 bits per heavy atom. The molecule has 4 aromatic rings. The van der Waals surface area contributed by atoms with Crippen molar-refractivity contribution >= 4 is 22.5 Å². The minimum Gasteiger partial charge on any atom is -0.479 e. The van der Waals surface area contributed by atoms with E-state index in [4.69, 9.17) is 9.47 Å². The van der Waals surface area contributed by atoms with E-state index in [0.717, 1.165) is 29.9 Å². The molecule has 0 bridgehead atoms. The van der Waals surface area contributed by atoms with Crippen LogP contribution in [0.3, 0.4) is 0 Å². The van der Waals surface area contributed by atoms with E-state index in [9.17, 15) is 0 Å². The molecule has 0 amide bonds. The molecule has 214 valence electrons. The first-order valence-electron chi connectivity index (χ1n) is 14.1. The number of likely N-dealkylation sites (tertiary alicyclic amines) is 1. The maximum atomic E-state index is 16.4. The molecule has 2 fully saturated rings. The lowest BCUT2D eigenvalue weighted by Gasteiger charge is -2.48. The van der Waals surface area contributed by atoms with Gasteiger partial charge < -0.3 is 19.4 Å². The van der Waals surface area contributed by atoms with Crippen LogP contribution in [0.2, 0.25) is 0 Å². The number of rotatable bonds is 8. The molecular weight excluding hydrogens is 516 g/mol. The van der Waals surface area contributed by atoms with Crippen LogP contribution < -0.4 is 10.1 Å². The van der Waals surface area contributed by atoms with Crippen molar-refractivity contribution in [1.82, 2.24) is 29.0 Å². The van der Waals surface area contributed by atoms with E-state index in [-0.39, 0.29) is 11.9 Å². The van der Waals surface area contributed by atoms with Crippen LogP contribution >= 0.6 is 0 Å². The predicted molar refractivity (Wildman–Crippen MR) is 150 cm³/mol. The van der Waals surface area contributed by atoms with Gasteiger partial charge in [-0.1, -0.05) is 13.3 Å². The van der Waals surface area contributed by atoms with E-state index in [1.807, 2.05) is 30.5 Å². The molecule has 3 aromatic heterocycles. The Bertz CT molecular complexity index is 1550. The van der Waals surface area contributed by atoms with Crippen LogP contribution in [0.4, 0.5) is 14.7 Å². The molecule has 0 saturated carbocycles. The molecule has 0 aliphatic carbocycles. The second-order valence-electron chi connectivity index (χ2n) is 11.3. The monoisotopic (exact) mass is 553 g/mol. The Hall–Kier alpha value is -3.31. The molecule has 1 aromatic carbocycles. The number of hydrogen-bond acceptors (Lipinski definition) is 7. The van der Waals surface area contributed by atoms with Crippen molar-refractivity contribution in [1.29, 1.82) is 0 Å². The van der Waals surface area contributed by atoms with Gasteiger partial charge in [0.05, 0.1) is 37.9 Å². The standard InChI is InChI=1S/C29H37F2N7O2/c1-6-9-29(31)16-36(20-14-40-15-20)10-8-24(29)33-28-34-27(39-5)26-21(7-11-37(26)35-28)19-12-22(30)25-23(13-19)38(17(2)3)18(4)32-25/h7,11-13,17,20,24H,6,8-10,14-16H2,1-5H3,(H,33,35)/t24-,29?/m1/s1. The molecule has 6 rings (SSSR count). The smallest absolute Gasteiger partial charge is 0.244 e. The molecule has 40 heavy (non-hydrogen) atoms. The minimum absolute atomic E-state index is 0.126. The molecule has 11 heteroatoms. The Balaban J connectivity index is 1.35. The van der Waals surface area contributed by atoms with Crippen molar-refractivity contribution in [3.05, 3.63) is 36.0 Å². The number of benzene rings is 1. The van der Waals surface area contributed by atoms with Gasteiger partial charge >= 0.3 is 0 Å². The van der Waals surface area contributed by atoms with Crippen LogP contribution in [-0.2, 0) is 4.74 Å². The molecule has 0 spiro atoms. The van der Waals surface area contributed by atoms with E-state index < -0.39 is 11.7 Å². The number of aryl methyl sites for hydroxylation is 1. The number of alkyl halides is 1. The zero-order valence-corrected chi connectivity index (χ0v) is 23.7. The maximum Gasteiger partial charge on any atom is 0.244 e. The van der Waals surface area contributed by atoms with Gasteiger partial charge in [-0.15, -0.1) is 5.10 Å². The first-order chi connectivity index (χ1) is 19.2. The van der Waals surface area contributed by atoms with Gasteiger partial charge in [0.25, 0.3) is 0 Å². The third-order valence-electron chi connectivity index (χ3n) is 8.33. The highest BCUT2D eigenvalue weighted by Crippen LogP contribution is 2.37. The average Bonchev–Trinajstić information content (AvgIpc) is 3.45. The van der Waals surface area contributed by atoms with Gasteiger partial charge in [0.15, 0.2) is 5.82 Å². The number of ether oxygens (including phenoxy) is 2. The molecule has 9 nitrogen and oxygen atoms in total. The van der Waals surface area contributed by atoms with Crippen LogP contribution in [0.5, 0.6) is 5.88 Å². The topological polar surface area (TPSA) is 81.7 Å². The van der Waals surface area contributed by atoms with Crippen LogP contribution in [0.15, 0.2) is 24.4 Å². The molecule has 0 radical (unpaired) electrons. The first-order valence-corrected chi connectivity index (χ1v) is 14.1. The summed E-state index contributed by atoms with van der Waals surface area (Å²) in [5, 5.41) is 7.96. The summed E-state index contributed by atoms with van der Waals surface area (Å²) in [5.41, 5.74) is 1.69. The molecule has 2 atom stereocenters. The minimum atomic E-state index is -1.42. The van der Waals surface area contributed by atoms with Crippen LogP contribution in [0.1, 0.15) is 51.9 Å². The van der Waals surface area contributed by atoms with Crippen LogP contribution in [0, 0.1) is 12.7 Å². The van der Waals surface area contributed by atoms with Crippen molar-refractivity contribution in [2.75, 3.05) is 38.7 Å². The zero-order valence-electron chi connectivity index (χ0n) is 23.7. The number of hydrogen-bond donors (Lipinski definition) is 1. The van der Waals surface area contributed by atoms with Crippen molar-refractivity contribution in [3.63, 3.8) is 0 Å². The highest BCUT2D eigenvalue weighted by Gasteiger charge is 2.46. The summed E-state index contributed by atoms with van der Waals surface area (Å²) >= 11 is 0.